The van der Waals surface area contributed by atoms with Gasteiger partial charge >= 0.3 is 11.9 Å². The number of carbonyl (C=O) groups is 2. The molecule has 0 fully saturated rings. The van der Waals surface area contributed by atoms with Gasteiger partial charge in [0.2, 0.25) is 0 Å². The first kappa shape index (κ1) is 25.8. The molecule has 0 aliphatic heterocycles. The van der Waals surface area contributed by atoms with Crippen LogP contribution in [0.3, 0.4) is 0 Å². The number of rotatable bonds is 7. The smallest absolute Gasteiger partial charge is 0.328 e. The van der Waals surface area contributed by atoms with E-state index in [4.69, 9.17) is 10.2 Å². The average molecular weight is 487 g/mol. The Morgan fingerprint density at radius 3 is 2.38 bits per heavy atom. The molecule has 3 aromatic rings. The zero-order chi connectivity index (χ0) is 25.3. The van der Waals surface area contributed by atoms with E-state index in [1.807, 2.05) is 6.07 Å². The first-order valence-electron chi connectivity index (χ1n) is 9.32. The van der Waals surface area contributed by atoms with E-state index in [0.29, 0.717) is 12.2 Å². The summed E-state index contributed by atoms with van der Waals surface area (Å²) in [6.45, 7) is 0.122. The topological polar surface area (TPSA) is 175 Å². The Bertz CT molecular complexity index is 1350. The second-order valence-electron chi connectivity index (χ2n) is 6.36. The summed E-state index contributed by atoms with van der Waals surface area (Å²) in [6.07, 6.45) is 6.33. The van der Waals surface area contributed by atoms with Crippen LogP contribution in [0.25, 0.3) is 11.3 Å². The molecule has 0 radical (unpaired) electrons. The third-order valence-corrected chi connectivity index (χ3v) is 5.72. The number of aliphatic carboxylic acids is 2. The van der Waals surface area contributed by atoms with Gasteiger partial charge in [-0.05, 0) is 31.3 Å². The number of pyridine rings is 2. The first-order valence-corrected chi connectivity index (χ1v) is 10.8. The van der Waals surface area contributed by atoms with Crippen molar-refractivity contribution in [3.63, 3.8) is 0 Å². The number of aromatic nitrogens is 3. The van der Waals surface area contributed by atoms with Crippen molar-refractivity contribution in [2.45, 2.75) is 11.4 Å². The Morgan fingerprint density at radius 2 is 1.85 bits per heavy atom. The Kier molecular flexibility index (Phi) is 8.71. The van der Waals surface area contributed by atoms with Gasteiger partial charge in [-0.3, -0.25) is 4.98 Å². The van der Waals surface area contributed by atoms with Crippen LogP contribution >= 0.6 is 0 Å². The molecule has 0 amide bonds. The van der Waals surface area contributed by atoms with Crippen LogP contribution in [0.2, 0.25) is 0 Å². The largest absolute Gasteiger partial charge is 0.478 e. The van der Waals surface area contributed by atoms with Crippen molar-refractivity contribution >= 4 is 22.0 Å². The van der Waals surface area contributed by atoms with E-state index in [1.165, 1.54) is 49.1 Å². The minimum atomic E-state index is -4.11. The SMILES string of the molecule is CNCc1cn(S(=O)(=O)c2cccnc2)c(-c2cccnc2C#N)c1F.O=C(O)C=CC(=O)O. The fourth-order valence-corrected chi connectivity index (χ4v) is 4.05. The molecule has 3 N–H and O–H groups in total. The highest BCUT2D eigenvalue weighted by molar-refractivity contribution is 7.90. The van der Waals surface area contributed by atoms with E-state index < -0.39 is 27.8 Å². The molecule has 0 bridgehead atoms. The van der Waals surface area contributed by atoms with Crippen molar-refractivity contribution < 1.29 is 32.6 Å². The lowest BCUT2D eigenvalue weighted by molar-refractivity contribution is -0.134. The van der Waals surface area contributed by atoms with Crippen LogP contribution in [0.5, 0.6) is 0 Å². The molecule has 0 spiro atoms. The summed E-state index contributed by atoms with van der Waals surface area (Å²) in [4.78, 5) is 26.7. The van der Waals surface area contributed by atoms with Gasteiger partial charge in [0, 0.05) is 54.6 Å². The van der Waals surface area contributed by atoms with Gasteiger partial charge < -0.3 is 15.5 Å². The highest BCUT2D eigenvalue weighted by Crippen LogP contribution is 2.32. The summed E-state index contributed by atoms with van der Waals surface area (Å²) < 4.78 is 41.9. The number of nitrogens with one attached hydrogen (secondary N) is 1. The van der Waals surface area contributed by atoms with E-state index in [2.05, 4.69) is 15.3 Å². The number of hydrogen-bond acceptors (Lipinski definition) is 8. The third kappa shape index (κ3) is 6.09. The number of carboxylic acid groups (broad SMARTS) is 2. The van der Waals surface area contributed by atoms with E-state index >= 15 is 4.39 Å². The van der Waals surface area contributed by atoms with Crippen LogP contribution in [0.1, 0.15) is 11.3 Å². The number of carboxylic acids is 2. The fraction of sp³-hybridized carbons (Fsp3) is 0.0952. The lowest BCUT2D eigenvalue weighted by Crippen LogP contribution is -2.14. The van der Waals surface area contributed by atoms with E-state index in [9.17, 15) is 23.3 Å². The minimum Gasteiger partial charge on any atom is -0.478 e. The molecule has 0 aliphatic rings. The third-order valence-electron chi connectivity index (χ3n) is 4.08. The molecule has 0 aromatic carbocycles. The minimum absolute atomic E-state index is 0.0665. The highest BCUT2D eigenvalue weighted by atomic mass is 32.2. The fourth-order valence-electron chi connectivity index (χ4n) is 2.69. The number of nitriles is 1. The summed E-state index contributed by atoms with van der Waals surface area (Å²) in [6, 6.07) is 7.69. The lowest BCUT2D eigenvalue weighted by atomic mass is 10.1. The van der Waals surface area contributed by atoms with Crippen molar-refractivity contribution in [2.24, 2.45) is 0 Å². The van der Waals surface area contributed by atoms with Gasteiger partial charge in [-0.1, -0.05) is 0 Å². The van der Waals surface area contributed by atoms with Crippen LogP contribution in [-0.4, -0.2) is 51.6 Å². The Hall–Kier alpha value is -4.41. The second-order valence-corrected chi connectivity index (χ2v) is 8.17. The molecule has 13 heteroatoms. The first-order chi connectivity index (χ1) is 16.1. The van der Waals surface area contributed by atoms with Crippen molar-refractivity contribution in [1.29, 1.82) is 5.26 Å². The average Bonchev–Trinajstić information content (AvgIpc) is 3.15. The molecule has 0 unspecified atom stereocenters. The van der Waals surface area contributed by atoms with Crippen LogP contribution in [0.15, 0.2) is 66.1 Å². The zero-order valence-electron chi connectivity index (χ0n) is 17.6. The molecule has 11 nitrogen and oxygen atoms in total. The van der Waals surface area contributed by atoms with Gasteiger partial charge in [-0.15, -0.1) is 0 Å². The van der Waals surface area contributed by atoms with Gasteiger partial charge in [0.25, 0.3) is 10.0 Å². The van der Waals surface area contributed by atoms with Crippen molar-refractivity contribution in [3.8, 4) is 17.3 Å². The Morgan fingerprint density at radius 1 is 1.21 bits per heavy atom. The normalized spacial score (nSPS) is 10.9. The highest BCUT2D eigenvalue weighted by Gasteiger charge is 2.28. The molecule has 0 atom stereocenters. The quantitative estimate of drug-likeness (QED) is 0.415. The van der Waals surface area contributed by atoms with Gasteiger partial charge in [-0.25, -0.2) is 31.4 Å². The van der Waals surface area contributed by atoms with Gasteiger partial charge in [0.05, 0.1) is 0 Å². The predicted molar refractivity (Wildman–Crippen MR) is 116 cm³/mol. The standard InChI is InChI=1S/C17H14FN5O2S.C4H4O4/c1-20-9-12-11-23(26(24,25)13-4-2-6-21-10-13)17(16(12)18)14-5-3-7-22-15(14)8-19;5-3(6)1-2-4(7)8/h2-7,10-11,20H,9H2,1H3;1-2H,(H,5,6)(H,7,8). The van der Waals surface area contributed by atoms with Gasteiger partial charge in [0.1, 0.15) is 22.4 Å². The molecular formula is C21H18FN5O6S. The molecule has 0 saturated carbocycles. The molecule has 176 valence electrons. The maximum absolute atomic E-state index is 15.1. The summed E-state index contributed by atoms with van der Waals surface area (Å²) in [5.74, 6) is -3.24. The van der Waals surface area contributed by atoms with Crippen LogP contribution < -0.4 is 5.32 Å². The summed E-state index contributed by atoms with van der Waals surface area (Å²) in [5.41, 5.74) is -0.0445. The van der Waals surface area contributed by atoms with E-state index in [-0.39, 0.29) is 34.0 Å². The predicted octanol–water partition coefficient (Wildman–Crippen LogP) is 1.62. The molecule has 0 saturated heterocycles. The van der Waals surface area contributed by atoms with E-state index in [0.717, 1.165) is 3.97 Å². The number of nitrogens with zero attached hydrogens (tertiary/aromatic N) is 4. The molecular weight excluding hydrogens is 469 g/mol. The monoisotopic (exact) mass is 487 g/mol. The lowest BCUT2D eigenvalue weighted by Gasteiger charge is -2.11. The maximum atomic E-state index is 15.1. The molecule has 3 aromatic heterocycles. The Labute approximate surface area is 193 Å². The summed E-state index contributed by atoms with van der Waals surface area (Å²) >= 11 is 0. The Balaban J connectivity index is 0.000000440. The zero-order valence-corrected chi connectivity index (χ0v) is 18.4. The van der Waals surface area contributed by atoms with Crippen molar-refractivity contribution in [1.82, 2.24) is 19.3 Å². The number of hydrogen-bond donors (Lipinski definition) is 3. The van der Waals surface area contributed by atoms with Crippen molar-refractivity contribution in [3.05, 3.63) is 78.3 Å². The summed E-state index contributed by atoms with van der Waals surface area (Å²) in [7, 11) is -2.49. The van der Waals surface area contributed by atoms with Gasteiger partial charge in [0.15, 0.2) is 5.82 Å². The second kappa shape index (κ2) is 11.5. The number of halogens is 1. The van der Waals surface area contributed by atoms with Crippen LogP contribution in [-0.2, 0) is 26.2 Å². The van der Waals surface area contributed by atoms with E-state index in [1.54, 1.807) is 7.05 Å². The molecule has 34 heavy (non-hydrogen) atoms. The van der Waals surface area contributed by atoms with Crippen LogP contribution in [0.4, 0.5) is 4.39 Å². The molecule has 3 rings (SSSR count). The van der Waals surface area contributed by atoms with Gasteiger partial charge in [-0.2, -0.15) is 5.26 Å². The maximum Gasteiger partial charge on any atom is 0.328 e. The summed E-state index contributed by atoms with van der Waals surface area (Å²) in [5, 5.41) is 27.7. The van der Waals surface area contributed by atoms with Crippen LogP contribution in [0, 0.1) is 17.1 Å². The van der Waals surface area contributed by atoms with Crippen molar-refractivity contribution in [2.75, 3.05) is 7.05 Å². The molecule has 0 aliphatic carbocycles. The molecule has 3 heterocycles.